The van der Waals surface area contributed by atoms with Crippen LogP contribution in [0.3, 0.4) is 0 Å². The summed E-state index contributed by atoms with van der Waals surface area (Å²) in [5.74, 6) is 1.26. The summed E-state index contributed by atoms with van der Waals surface area (Å²) in [7, 11) is 0. The Labute approximate surface area is 337 Å². The first kappa shape index (κ1) is 32.7. The Balaban J connectivity index is 1.09. The van der Waals surface area contributed by atoms with Crippen LogP contribution in [0.1, 0.15) is 0 Å². The van der Waals surface area contributed by atoms with E-state index >= 15 is 0 Å². The summed E-state index contributed by atoms with van der Waals surface area (Å²) >= 11 is 1.84. The average Bonchev–Trinajstić information content (AvgIpc) is 3.86. The monoisotopic (exact) mass is 757 g/mol. The highest BCUT2D eigenvalue weighted by Gasteiger charge is 2.23. The maximum absolute atomic E-state index is 5.25. The zero-order chi connectivity index (χ0) is 38.2. The molecular formula is C52H31N5S. The minimum Gasteiger partial charge on any atom is -0.309 e. The van der Waals surface area contributed by atoms with Crippen LogP contribution in [0, 0.1) is 0 Å². The average molecular weight is 758 g/mol. The number of nitrogens with zero attached hydrogens (tertiary/aromatic N) is 5. The first-order valence-corrected chi connectivity index (χ1v) is 20.2. The van der Waals surface area contributed by atoms with Crippen molar-refractivity contribution in [1.82, 2.24) is 24.5 Å². The standard InChI is InChI=1S/C52H31N5S/c1-3-14-32(15-4-1)48-40-28-29-41-46-42(24-13-26-44(46)57(35-18-5-2-6-19-35)49(41)47(40)39-21-7-9-25-43(39)55-48)52-54-31-53-51(56-52)34-17-11-16-33(30-34)36-22-12-23-38-37-20-8-10-27-45(37)58-50(36)38/h1-31H. The number of aromatic nitrogens is 5. The molecule has 0 N–H and O–H groups in total. The molecule has 0 saturated carbocycles. The number of fused-ring (bicyclic) bond motifs is 10. The fraction of sp³-hybridized carbons (Fsp3) is 0. The molecule has 270 valence electrons. The molecule has 5 nitrogen and oxygen atoms in total. The Morgan fingerprint density at radius 3 is 2.00 bits per heavy atom. The molecule has 4 aromatic heterocycles. The lowest BCUT2D eigenvalue weighted by atomic mass is 9.96. The molecule has 4 heterocycles. The lowest BCUT2D eigenvalue weighted by Gasteiger charge is -2.14. The molecule has 0 spiro atoms. The largest absolute Gasteiger partial charge is 0.309 e. The van der Waals surface area contributed by atoms with E-state index in [1.54, 1.807) is 6.33 Å². The number of pyridine rings is 1. The maximum Gasteiger partial charge on any atom is 0.164 e. The topological polar surface area (TPSA) is 56.5 Å². The lowest BCUT2D eigenvalue weighted by molar-refractivity contribution is 1.07. The van der Waals surface area contributed by atoms with E-state index in [9.17, 15) is 0 Å². The van der Waals surface area contributed by atoms with Gasteiger partial charge in [0.2, 0.25) is 0 Å². The van der Waals surface area contributed by atoms with Crippen molar-refractivity contribution in [2.45, 2.75) is 0 Å². The third-order valence-corrected chi connectivity index (χ3v) is 12.5. The predicted molar refractivity (Wildman–Crippen MR) is 242 cm³/mol. The Morgan fingerprint density at radius 2 is 1.10 bits per heavy atom. The molecule has 8 aromatic carbocycles. The summed E-state index contributed by atoms with van der Waals surface area (Å²) in [4.78, 5) is 20.1. The molecule has 0 aliphatic rings. The van der Waals surface area contributed by atoms with E-state index in [-0.39, 0.29) is 0 Å². The molecule has 0 amide bonds. The summed E-state index contributed by atoms with van der Waals surface area (Å²) in [5, 5.41) is 8.16. The third-order valence-electron chi connectivity index (χ3n) is 11.3. The molecule has 0 aliphatic carbocycles. The van der Waals surface area contributed by atoms with Gasteiger partial charge in [-0.2, -0.15) is 0 Å². The quantitative estimate of drug-likeness (QED) is 0.164. The molecule has 12 aromatic rings. The normalized spacial score (nSPS) is 11.8. The molecule has 0 radical (unpaired) electrons. The first-order valence-electron chi connectivity index (χ1n) is 19.4. The van der Waals surface area contributed by atoms with Gasteiger partial charge in [-0.25, -0.2) is 19.9 Å². The molecule has 0 saturated heterocycles. The number of thiophene rings is 1. The predicted octanol–water partition coefficient (Wildman–Crippen LogP) is 13.7. The van der Waals surface area contributed by atoms with Gasteiger partial charge in [-0.15, -0.1) is 11.3 Å². The summed E-state index contributed by atoms with van der Waals surface area (Å²) in [5.41, 5.74) is 10.5. The second-order valence-electron chi connectivity index (χ2n) is 14.6. The van der Waals surface area contributed by atoms with Crippen LogP contribution in [0.25, 0.3) is 115 Å². The van der Waals surface area contributed by atoms with Crippen LogP contribution >= 0.6 is 11.3 Å². The Bertz CT molecular complexity index is 3570. The fourth-order valence-electron chi connectivity index (χ4n) is 8.80. The molecule has 0 unspecified atom stereocenters. The Hall–Kier alpha value is -7.54. The van der Waals surface area contributed by atoms with E-state index in [1.807, 2.05) is 11.3 Å². The second-order valence-corrected chi connectivity index (χ2v) is 15.6. The highest BCUT2D eigenvalue weighted by atomic mass is 32.1. The summed E-state index contributed by atoms with van der Waals surface area (Å²) in [6, 6.07) is 64.4. The summed E-state index contributed by atoms with van der Waals surface area (Å²) in [6.07, 6.45) is 1.65. The Kier molecular flexibility index (Phi) is 7.33. The molecule has 12 rings (SSSR count). The van der Waals surface area contributed by atoms with Crippen LogP contribution in [0.15, 0.2) is 188 Å². The van der Waals surface area contributed by atoms with E-state index in [1.165, 1.54) is 25.7 Å². The SMILES string of the molecule is c1ccc(-c2nc3ccccc3c3c2ccc2c4c(-c5ncnc(-c6cccc(-c7cccc8c7sc7ccccc78)c6)n5)cccc4n(-c4ccccc4)c23)cc1. The second kappa shape index (κ2) is 13.0. The molecule has 0 bridgehead atoms. The van der Waals surface area contributed by atoms with Crippen molar-refractivity contribution < 1.29 is 0 Å². The van der Waals surface area contributed by atoms with Crippen LogP contribution in [0.4, 0.5) is 0 Å². The van der Waals surface area contributed by atoms with Crippen molar-refractivity contribution in [3.63, 3.8) is 0 Å². The van der Waals surface area contributed by atoms with E-state index in [4.69, 9.17) is 19.9 Å². The van der Waals surface area contributed by atoms with Crippen LogP contribution in [-0.2, 0) is 0 Å². The zero-order valence-corrected chi connectivity index (χ0v) is 31.9. The molecule has 0 aliphatic heterocycles. The minimum absolute atomic E-state index is 0.629. The van der Waals surface area contributed by atoms with Crippen molar-refractivity contribution in [2.24, 2.45) is 0 Å². The number of hydrogen-bond donors (Lipinski definition) is 0. The molecule has 6 heteroatoms. The third kappa shape index (κ3) is 5.02. The van der Waals surface area contributed by atoms with Crippen LogP contribution in [0.5, 0.6) is 0 Å². The highest BCUT2D eigenvalue weighted by molar-refractivity contribution is 7.26. The van der Waals surface area contributed by atoms with Crippen LogP contribution < -0.4 is 0 Å². The van der Waals surface area contributed by atoms with E-state index in [2.05, 4.69) is 187 Å². The van der Waals surface area contributed by atoms with E-state index < -0.39 is 0 Å². The van der Waals surface area contributed by atoms with Crippen molar-refractivity contribution in [2.75, 3.05) is 0 Å². The van der Waals surface area contributed by atoms with Gasteiger partial charge in [0, 0.05) is 69.5 Å². The molecule has 58 heavy (non-hydrogen) atoms. The summed E-state index contributed by atoms with van der Waals surface area (Å²) in [6.45, 7) is 0. The van der Waals surface area contributed by atoms with Gasteiger partial charge in [0.05, 0.1) is 22.2 Å². The van der Waals surface area contributed by atoms with Crippen molar-refractivity contribution in [3.8, 4) is 50.8 Å². The number of para-hydroxylation sites is 2. The maximum atomic E-state index is 5.25. The highest BCUT2D eigenvalue weighted by Crippen LogP contribution is 2.45. The number of rotatable bonds is 5. The molecular weight excluding hydrogens is 727 g/mol. The van der Waals surface area contributed by atoms with Gasteiger partial charge in [0.1, 0.15) is 6.33 Å². The molecule has 0 atom stereocenters. The summed E-state index contributed by atoms with van der Waals surface area (Å²) < 4.78 is 4.98. The smallest absolute Gasteiger partial charge is 0.164 e. The molecule has 0 fully saturated rings. The van der Waals surface area contributed by atoms with Gasteiger partial charge >= 0.3 is 0 Å². The van der Waals surface area contributed by atoms with Crippen molar-refractivity contribution in [3.05, 3.63) is 188 Å². The van der Waals surface area contributed by atoms with Crippen molar-refractivity contribution in [1.29, 1.82) is 0 Å². The zero-order valence-electron chi connectivity index (χ0n) is 31.0. The van der Waals surface area contributed by atoms with E-state index in [0.29, 0.717) is 11.6 Å². The van der Waals surface area contributed by atoms with Gasteiger partial charge < -0.3 is 4.57 Å². The van der Waals surface area contributed by atoms with Gasteiger partial charge in [-0.05, 0) is 47.5 Å². The van der Waals surface area contributed by atoms with Gasteiger partial charge in [0.15, 0.2) is 11.6 Å². The van der Waals surface area contributed by atoms with Crippen LogP contribution in [-0.4, -0.2) is 24.5 Å². The van der Waals surface area contributed by atoms with Gasteiger partial charge in [-0.3, -0.25) is 0 Å². The fourth-order valence-corrected chi connectivity index (χ4v) is 10.0. The Morgan fingerprint density at radius 1 is 0.431 bits per heavy atom. The van der Waals surface area contributed by atoms with E-state index in [0.717, 1.165) is 77.1 Å². The van der Waals surface area contributed by atoms with Gasteiger partial charge in [-0.1, -0.05) is 146 Å². The lowest BCUT2D eigenvalue weighted by Crippen LogP contribution is -1.97. The van der Waals surface area contributed by atoms with Crippen LogP contribution in [0.2, 0.25) is 0 Å². The number of hydrogen-bond acceptors (Lipinski definition) is 5. The minimum atomic E-state index is 0.629. The van der Waals surface area contributed by atoms with Crippen molar-refractivity contribution >= 4 is 75.0 Å². The first-order chi connectivity index (χ1) is 28.8. The number of benzene rings is 8. The van der Waals surface area contributed by atoms with Gasteiger partial charge in [0.25, 0.3) is 0 Å².